The Morgan fingerprint density at radius 1 is 1.05 bits per heavy atom. The fourth-order valence-electron chi connectivity index (χ4n) is 2.59. The van der Waals surface area contributed by atoms with Crippen molar-refractivity contribution in [3.63, 3.8) is 0 Å². The van der Waals surface area contributed by atoms with E-state index < -0.39 is 0 Å². The Balaban J connectivity index is 1.86. The molecular weight excluding hydrogens is 280 g/mol. The van der Waals surface area contributed by atoms with Crippen LogP contribution in [0.15, 0.2) is 42.5 Å². The van der Waals surface area contributed by atoms with E-state index >= 15 is 0 Å². The number of carbonyl (C=O) groups excluding carboxylic acids is 2. The third kappa shape index (κ3) is 2.53. The van der Waals surface area contributed by atoms with Crippen LogP contribution in [0.3, 0.4) is 0 Å². The molecule has 0 aromatic heterocycles. The Labute approximate surface area is 128 Å². The maximum Gasteiger partial charge on any atom is 0.259 e. The fraction of sp³-hybridized carbons (Fsp3) is 0.176. The van der Waals surface area contributed by atoms with Gasteiger partial charge in [-0.25, -0.2) is 0 Å². The molecule has 3 N–H and O–H groups in total. The van der Waals surface area contributed by atoms with Crippen LogP contribution >= 0.6 is 0 Å². The average Bonchev–Trinajstić information content (AvgIpc) is 2.80. The minimum Gasteiger partial charge on any atom is -0.508 e. The summed E-state index contributed by atoms with van der Waals surface area (Å²) in [6.07, 6.45) is 0.840. The minimum atomic E-state index is -0.360. The van der Waals surface area contributed by atoms with Crippen molar-refractivity contribution < 1.29 is 14.7 Å². The van der Waals surface area contributed by atoms with Crippen LogP contribution < -0.4 is 10.6 Å². The Morgan fingerprint density at radius 2 is 1.73 bits per heavy atom. The van der Waals surface area contributed by atoms with Crippen molar-refractivity contribution in [3.8, 4) is 5.75 Å². The first-order valence-electron chi connectivity index (χ1n) is 7.13. The topological polar surface area (TPSA) is 78.4 Å². The van der Waals surface area contributed by atoms with Crippen LogP contribution in [0.25, 0.3) is 0 Å². The van der Waals surface area contributed by atoms with E-state index in [0.29, 0.717) is 11.1 Å². The number of phenolic OH excluding ortho intramolecular Hbond substituents is 1. The number of hydrogen-bond acceptors (Lipinski definition) is 4. The van der Waals surface area contributed by atoms with Crippen LogP contribution in [0.4, 0.5) is 5.69 Å². The van der Waals surface area contributed by atoms with Gasteiger partial charge in [0.1, 0.15) is 5.75 Å². The highest BCUT2D eigenvalue weighted by molar-refractivity contribution is 6.21. The first-order chi connectivity index (χ1) is 10.6. The molecule has 1 aliphatic rings. The van der Waals surface area contributed by atoms with Gasteiger partial charge in [-0.2, -0.15) is 0 Å². The average molecular weight is 296 g/mol. The third-order valence-electron chi connectivity index (χ3n) is 3.78. The Bertz CT molecular complexity index is 738. The highest BCUT2D eigenvalue weighted by Gasteiger charge is 2.26. The predicted molar refractivity (Wildman–Crippen MR) is 83.0 cm³/mol. The van der Waals surface area contributed by atoms with Crippen molar-refractivity contribution in [2.24, 2.45) is 0 Å². The molecule has 0 saturated carbocycles. The standard InChI is InChI=1S/C17H16N2O3/c1-2-15(10-3-6-12(20)7-4-10)18-11-5-8-13-14(9-11)17(22)19-16(13)21/h3-9,15,18,20H,2H2,1H3,(H,19,21,22). The molecular formula is C17H16N2O3. The van der Waals surface area contributed by atoms with Crippen LogP contribution in [-0.4, -0.2) is 16.9 Å². The van der Waals surface area contributed by atoms with Crippen molar-refractivity contribution >= 4 is 17.5 Å². The van der Waals surface area contributed by atoms with Gasteiger partial charge < -0.3 is 10.4 Å². The smallest absolute Gasteiger partial charge is 0.259 e. The number of anilines is 1. The molecule has 5 heteroatoms. The monoisotopic (exact) mass is 296 g/mol. The molecule has 2 amide bonds. The Hall–Kier alpha value is -2.82. The number of aromatic hydroxyl groups is 1. The predicted octanol–water partition coefficient (Wildman–Crippen LogP) is 2.84. The normalized spacial score (nSPS) is 14.4. The quantitative estimate of drug-likeness (QED) is 0.758. The number of hydrogen-bond donors (Lipinski definition) is 3. The molecule has 0 saturated heterocycles. The second-order valence-corrected chi connectivity index (χ2v) is 5.24. The summed E-state index contributed by atoms with van der Waals surface area (Å²) in [6.45, 7) is 2.05. The van der Waals surface area contributed by atoms with Crippen molar-refractivity contribution in [1.82, 2.24) is 5.32 Å². The lowest BCUT2D eigenvalue weighted by molar-refractivity contribution is 0.0879. The summed E-state index contributed by atoms with van der Waals surface area (Å²) >= 11 is 0. The van der Waals surface area contributed by atoms with Crippen LogP contribution in [0, 0.1) is 0 Å². The summed E-state index contributed by atoms with van der Waals surface area (Å²) in [5.74, 6) is -0.482. The molecule has 22 heavy (non-hydrogen) atoms. The lowest BCUT2D eigenvalue weighted by Gasteiger charge is -2.19. The van der Waals surface area contributed by atoms with Gasteiger partial charge in [-0.3, -0.25) is 14.9 Å². The molecule has 0 spiro atoms. The van der Waals surface area contributed by atoms with E-state index in [0.717, 1.165) is 17.7 Å². The molecule has 1 heterocycles. The SMILES string of the molecule is CCC(Nc1ccc2c(c1)C(=O)NC2=O)c1ccc(O)cc1. The number of nitrogens with one attached hydrogen (secondary N) is 2. The van der Waals surface area contributed by atoms with Gasteiger partial charge in [-0.15, -0.1) is 0 Å². The molecule has 1 atom stereocenters. The first kappa shape index (κ1) is 14.1. The molecule has 1 unspecified atom stereocenters. The molecule has 0 radical (unpaired) electrons. The maximum atomic E-state index is 11.7. The summed E-state index contributed by atoms with van der Waals surface area (Å²) in [5, 5.41) is 15.0. The molecule has 2 aromatic carbocycles. The van der Waals surface area contributed by atoms with E-state index in [2.05, 4.69) is 10.6 Å². The summed E-state index contributed by atoms with van der Waals surface area (Å²) in [5.41, 5.74) is 2.63. The van der Waals surface area contributed by atoms with Crippen molar-refractivity contribution in [1.29, 1.82) is 0 Å². The van der Waals surface area contributed by atoms with Crippen molar-refractivity contribution in [3.05, 3.63) is 59.2 Å². The molecule has 3 rings (SSSR count). The van der Waals surface area contributed by atoms with Gasteiger partial charge in [0, 0.05) is 5.69 Å². The molecule has 112 valence electrons. The van der Waals surface area contributed by atoms with Gasteiger partial charge in [0.2, 0.25) is 0 Å². The van der Waals surface area contributed by atoms with Gasteiger partial charge in [-0.1, -0.05) is 19.1 Å². The summed E-state index contributed by atoms with van der Waals surface area (Å²) < 4.78 is 0. The number of imide groups is 1. The Morgan fingerprint density at radius 3 is 2.41 bits per heavy atom. The lowest BCUT2D eigenvalue weighted by Crippen LogP contribution is -2.19. The van der Waals surface area contributed by atoms with Gasteiger partial charge in [0.15, 0.2) is 0 Å². The molecule has 5 nitrogen and oxygen atoms in total. The number of amides is 2. The van der Waals surface area contributed by atoms with E-state index in [4.69, 9.17) is 0 Å². The number of benzene rings is 2. The number of fused-ring (bicyclic) bond motifs is 1. The zero-order chi connectivity index (χ0) is 15.7. The second-order valence-electron chi connectivity index (χ2n) is 5.24. The van der Waals surface area contributed by atoms with E-state index in [1.807, 2.05) is 19.1 Å². The molecule has 0 bridgehead atoms. The zero-order valence-electron chi connectivity index (χ0n) is 12.1. The number of carbonyl (C=O) groups is 2. The zero-order valence-corrected chi connectivity index (χ0v) is 12.1. The van der Waals surface area contributed by atoms with Crippen LogP contribution in [0.1, 0.15) is 45.7 Å². The number of phenols is 1. The molecule has 1 aliphatic heterocycles. The van der Waals surface area contributed by atoms with E-state index in [-0.39, 0.29) is 23.6 Å². The van der Waals surface area contributed by atoms with E-state index in [1.165, 1.54) is 0 Å². The largest absolute Gasteiger partial charge is 0.508 e. The summed E-state index contributed by atoms with van der Waals surface area (Å²) in [4.78, 5) is 23.2. The first-order valence-corrected chi connectivity index (χ1v) is 7.13. The van der Waals surface area contributed by atoms with Crippen LogP contribution in [0.2, 0.25) is 0 Å². The minimum absolute atomic E-state index is 0.0545. The summed E-state index contributed by atoms with van der Waals surface area (Å²) in [6, 6.07) is 12.2. The highest BCUT2D eigenvalue weighted by Crippen LogP contribution is 2.26. The Kier molecular flexibility index (Phi) is 3.55. The molecule has 0 fully saturated rings. The highest BCUT2D eigenvalue weighted by atomic mass is 16.3. The van der Waals surface area contributed by atoms with Crippen LogP contribution in [-0.2, 0) is 0 Å². The number of rotatable bonds is 4. The van der Waals surface area contributed by atoms with Crippen LogP contribution in [0.5, 0.6) is 5.75 Å². The van der Waals surface area contributed by atoms with Gasteiger partial charge in [0.25, 0.3) is 11.8 Å². The van der Waals surface area contributed by atoms with Gasteiger partial charge in [-0.05, 0) is 42.3 Å². The molecule has 2 aromatic rings. The lowest BCUT2D eigenvalue weighted by atomic mass is 10.0. The van der Waals surface area contributed by atoms with E-state index in [1.54, 1.807) is 30.3 Å². The molecule has 0 aliphatic carbocycles. The van der Waals surface area contributed by atoms with Gasteiger partial charge in [0.05, 0.1) is 17.2 Å². The van der Waals surface area contributed by atoms with Crippen molar-refractivity contribution in [2.75, 3.05) is 5.32 Å². The third-order valence-corrected chi connectivity index (χ3v) is 3.78. The maximum absolute atomic E-state index is 11.7. The fourth-order valence-corrected chi connectivity index (χ4v) is 2.59. The summed E-state index contributed by atoms with van der Waals surface area (Å²) in [7, 11) is 0. The van der Waals surface area contributed by atoms with Gasteiger partial charge >= 0.3 is 0 Å². The second kappa shape index (κ2) is 5.52. The van der Waals surface area contributed by atoms with Crippen molar-refractivity contribution in [2.45, 2.75) is 19.4 Å². The van der Waals surface area contributed by atoms with E-state index in [9.17, 15) is 14.7 Å².